The maximum absolute atomic E-state index is 12.3. The van der Waals surface area contributed by atoms with Crippen LogP contribution >= 0.6 is 11.6 Å². The maximum Gasteiger partial charge on any atom is 0.238 e. The van der Waals surface area contributed by atoms with Crippen molar-refractivity contribution in [1.29, 1.82) is 0 Å². The first-order valence-electron chi connectivity index (χ1n) is 5.97. The van der Waals surface area contributed by atoms with Crippen LogP contribution in [0.25, 0.3) is 0 Å². The third-order valence-electron chi connectivity index (χ3n) is 3.60. The van der Waals surface area contributed by atoms with Gasteiger partial charge in [-0.15, -0.1) is 0 Å². The predicted octanol–water partition coefficient (Wildman–Crippen LogP) is 2.80. The Hall–Kier alpha value is -1.61. The van der Waals surface area contributed by atoms with Crippen LogP contribution in [0.4, 0.5) is 5.69 Å². The second-order valence-electron chi connectivity index (χ2n) is 4.62. The van der Waals surface area contributed by atoms with E-state index in [1.54, 1.807) is 24.3 Å². The fraction of sp³-hybridized carbons (Fsp3) is 0.286. The van der Waals surface area contributed by atoms with Crippen molar-refractivity contribution in [1.82, 2.24) is 0 Å². The average Bonchev–Trinajstić information content (AvgIpc) is 2.64. The maximum atomic E-state index is 12.3. The summed E-state index contributed by atoms with van der Waals surface area (Å²) in [4.78, 5) is 25.9. The molecule has 0 unspecified atom stereocenters. The van der Waals surface area contributed by atoms with Gasteiger partial charge in [-0.3, -0.25) is 9.59 Å². The van der Waals surface area contributed by atoms with Crippen molar-refractivity contribution < 1.29 is 9.59 Å². The van der Waals surface area contributed by atoms with E-state index in [4.69, 9.17) is 11.6 Å². The molecule has 0 N–H and O–H groups in total. The Kier molecular flexibility index (Phi) is 2.71. The molecule has 0 aromatic heterocycles. The number of rotatable bonds is 1. The molecule has 1 fully saturated rings. The van der Waals surface area contributed by atoms with Crippen LogP contribution in [0.2, 0.25) is 5.02 Å². The van der Waals surface area contributed by atoms with Crippen LogP contribution < -0.4 is 4.90 Å². The summed E-state index contributed by atoms with van der Waals surface area (Å²) in [6.45, 7) is 0. The lowest BCUT2D eigenvalue weighted by atomic mass is 9.85. The van der Waals surface area contributed by atoms with E-state index in [1.807, 2.05) is 12.2 Å². The number of amides is 2. The van der Waals surface area contributed by atoms with Gasteiger partial charge in [0.1, 0.15) is 0 Å². The standard InChI is InChI=1S/C14H12ClNO2/c15-11-7-3-4-8-12(11)16-13(17)9-5-1-2-6-10(9)14(16)18/h1-4,7-10H,5-6H2/t9-,10-/m0/s1. The van der Waals surface area contributed by atoms with Crippen molar-refractivity contribution >= 4 is 29.1 Å². The van der Waals surface area contributed by atoms with Crippen LogP contribution in [0, 0.1) is 11.8 Å². The second-order valence-corrected chi connectivity index (χ2v) is 5.03. The van der Waals surface area contributed by atoms with Crippen molar-refractivity contribution in [2.24, 2.45) is 11.8 Å². The van der Waals surface area contributed by atoms with Crippen molar-refractivity contribution in [3.05, 3.63) is 41.4 Å². The van der Waals surface area contributed by atoms with Crippen LogP contribution in [0.15, 0.2) is 36.4 Å². The highest BCUT2D eigenvalue weighted by atomic mass is 35.5. The molecule has 18 heavy (non-hydrogen) atoms. The number of halogens is 1. The fourth-order valence-electron chi connectivity index (χ4n) is 2.67. The minimum Gasteiger partial charge on any atom is -0.274 e. The van der Waals surface area contributed by atoms with Crippen LogP contribution in [-0.4, -0.2) is 11.8 Å². The highest BCUT2D eigenvalue weighted by molar-refractivity contribution is 6.36. The molecule has 1 heterocycles. The van der Waals surface area contributed by atoms with Crippen molar-refractivity contribution in [2.75, 3.05) is 4.90 Å². The quantitative estimate of drug-likeness (QED) is 0.576. The first-order chi connectivity index (χ1) is 8.70. The van der Waals surface area contributed by atoms with Gasteiger partial charge in [-0.25, -0.2) is 4.90 Å². The zero-order chi connectivity index (χ0) is 12.7. The Balaban J connectivity index is 2.02. The molecular formula is C14H12ClNO2. The van der Waals surface area contributed by atoms with E-state index in [9.17, 15) is 9.59 Å². The SMILES string of the molecule is O=C1[C@H]2CC=CC[C@@H]2C(=O)N1c1ccccc1Cl. The Morgan fingerprint density at radius 2 is 1.56 bits per heavy atom. The number of nitrogens with zero attached hydrogens (tertiary/aromatic N) is 1. The van der Waals surface area contributed by atoms with Gasteiger partial charge in [-0.2, -0.15) is 0 Å². The molecule has 1 aromatic rings. The summed E-state index contributed by atoms with van der Waals surface area (Å²) in [5.74, 6) is -0.664. The number of imide groups is 1. The van der Waals surface area contributed by atoms with Crippen LogP contribution in [0.3, 0.4) is 0 Å². The minimum absolute atomic E-state index is 0.123. The number of fused-ring (bicyclic) bond motifs is 1. The van der Waals surface area contributed by atoms with Crippen molar-refractivity contribution in [3.63, 3.8) is 0 Å². The minimum atomic E-state index is -0.209. The number of carbonyl (C=O) groups is 2. The van der Waals surface area contributed by atoms with Crippen molar-refractivity contribution in [3.8, 4) is 0 Å². The molecule has 2 atom stereocenters. The van der Waals surface area contributed by atoms with Gasteiger partial charge < -0.3 is 0 Å². The number of anilines is 1. The van der Waals surface area contributed by atoms with E-state index in [2.05, 4.69) is 0 Å². The third kappa shape index (κ3) is 1.58. The van der Waals surface area contributed by atoms with E-state index in [0.717, 1.165) is 0 Å². The summed E-state index contributed by atoms with van der Waals surface area (Å²) in [5.41, 5.74) is 0.503. The van der Waals surface area contributed by atoms with E-state index >= 15 is 0 Å². The monoisotopic (exact) mass is 261 g/mol. The zero-order valence-electron chi connectivity index (χ0n) is 9.67. The lowest BCUT2D eigenvalue weighted by Gasteiger charge is -2.15. The molecule has 1 aliphatic heterocycles. The number of benzene rings is 1. The van der Waals surface area contributed by atoms with Gasteiger partial charge in [0.25, 0.3) is 0 Å². The first-order valence-corrected chi connectivity index (χ1v) is 6.35. The molecular weight excluding hydrogens is 250 g/mol. The van der Waals surface area contributed by atoms with Gasteiger partial charge in [0.05, 0.1) is 22.5 Å². The van der Waals surface area contributed by atoms with Crippen LogP contribution in [-0.2, 0) is 9.59 Å². The molecule has 1 aliphatic carbocycles. The molecule has 0 spiro atoms. The molecule has 1 aromatic carbocycles. The number of para-hydroxylation sites is 1. The van der Waals surface area contributed by atoms with Gasteiger partial charge in [0.2, 0.25) is 11.8 Å². The molecule has 3 rings (SSSR count). The molecule has 0 bridgehead atoms. The van der Waals surface area contributed by atoms with Gasteiger partial charge >= 0.3 is 0 Å². The highest BCUT2D eigenvalue weighted by Gasteiger charge is 2.48. The van der Waals surface area contributed by atoms with E-state index < -0.39 is 0 Å². The predicted molar refractivity (Wildman–Crippen MR) is 69.3 cm³/mol. The number of carbonyl (C=O) groups excluding carboxylic acids is 2. The molecule has 2 aliphatic rings. The molecule has 0 saturated carbocycles. The first kappa shape index (κ1) is 11.5. The second kappa shape index (κ2) is 4.25. The summed E-state index contributed by atoms with van der Waals surface area (Å²) in [6, 6.07) is 6.97. The normalized spacial score (nSPS) is 26.6. The lowest BCUT2D eigenvalue weighted by Crippen LogP contribution is -2.31. The highest BCUT2D eigenvalue weighted by Crippen LogP contribution is 2.39. The Morgan fingerprint density at radius 1 is 1.00 bits per heavy atom. The molecule has 2 amide bonds. The Morgan fingerprint density at radius 3 is 2.11 bits per heavy atom. The Bertz CT molecular complexity index is 526. The van der Waals surface area contributed by atoms with Crippen LogP contribution in [0.5, 0.6) is 0 Å². The number of hydrogen-bond donors (Lipinski definition) is 0. The van der Waals surface area contributed by atoms with E-state index in [0.29, 0.717) is 23.6 Å². The number of allylic oxidation sites excluding steroid dienone is 2. The van der Waals surface area contributed by atoms with E-state index in [1.165, 1.54) is 4.90 Å². The van der Waals surface area contributed by atoms with Gasteiger partial charge in [0.15, 0.2) is 0 Å². The van der Waals surface area contributed by atoms with Gasteiger partial charge in [0, 0.05) is 0 Å². The molecule has 92 valence electrons. The molecule has 1 saturated heterocycles. The fourth-order valence-corrected chi connectivity index (χ4v) is 2.89. The smallest absolute Gasteiger partial charge is 0.238 e. The van der Waals surface area contributed by atoms with Crippen LogP contribution in [0.1, 0.15) is 12.8 Å². The lowest BCUT2D eigenvalue weighted by molar-refractivity contribution is -0.122. The molecule has 0 radical (unpaired) electrons. The summed E-state index contributed by atoms with van der Waals surface area (Å²) in [7, 11) is 0. The zero-order valence-corrected chi connectivity index (χ0v) is 10.4. The Labute approximate surface area is 110 Å². The summed E-state index contributed by atoms with van der Waals surface area (Å²) >= 11 is 6.07. The largest absolute Gasteiger partial charge is 0.274 e. The summed E-state index contributed by atoms with van der Waals surface area (Å²) in [6.07, 6.45) is 5.25. The molecule has 3 nitrogen and oxygen atoms in total. The third-order valence-corrected chi connectivity index (χ3v) is 3.92. The van der Waals surface area contributed by atoms with Gasteiger partial charge in [-0.05, 0) is 25.0 Å². The number of hydrogen-bond acceptors (Lipinski definition) is 2. The van der Waals surface area contributed by atoms with E-state index in [-0.39, 0.29) is 23.7 Å². The summed E-state index contributed by atoms with van der Waals surface area (Å²) < 4.78 is 0. The summed E-state index contributed by atoms with van der Waals surface area (Å²) in [5, 5.41) is 0.436. The van der Waals surface area contributed by atoms with Crippen molar-refractivity contribution in [2.45, 2.75) is 12.8 Å². The topological polar surface area (TPSA) is 37.4 Å². The average molecular weight is 262 g/mol. The molecule has 4 heteroatoms. The van der Waals surface area contributed by atoms with Gasteiger partial charge in [-0.1, -0.05) is 35.9 Å².